The van der Waals surface area contributed by atoms with E-state index in [1.54, 1.807) is 14.2 Å². The van der Waals surface area contributed by atoms with Crippen LogP contribution in [0.3, 0.4) is 0 Å². The summed E-state index contributed by atoms with van der Waals surface area (Å²) in [6.45, 7) is 0. The Morgan fingerprint density at radius 2 is 1.06 bits per heavy atom. The Morgan fingerprint density at radius 1 is 0.667 bits per heavy atom. The zero-order valence-electron chi connectivity index (χ0n) is 10.3. The van der Waals surface area contributed by atoms with E-state index in [1.807, 2.05) is 24.3 Å². The van der Waals surface area contributed by atoms with Crippen LogP contribution < -0.4 is 18.4 Å². The molecule has 0 amide bonds. The van der Waals surface area contributed by atoms with Crippen LogP contribution in [0.2, 0.25) is 0 Å². The van der Waals surface area contributed by atoms with Crippen LogP contribution in [0.5, 0.6) is 11.5 Å². The van der Waals surface area contributed by atoms with E-state index < -0.39 is 0 Å². The number of ether oxygens (including phenoxy) is 2. The normalized spacial score (nSPS) is 10.1. The summed E-state index contributed by atoms with van der Waals surface area (Å²) in [5.41, 5.74) is 0. The number of rotatable bonds is 5. The van der Waals surface area contributed by atoms with E-state index in [9.17, 15) is 0 Å². The van der Waals surface area contributed by atoms with Gasteiger partial charge < -0.3 is 0 Å². The molecule has 0 aliphatic carbocycles. The van der Waals surface area contributed by atoms with E-state index in [2.05, 4.69) is 24.3 Å². The van der Waals surface area contributed by atoms with Gasteiger partial charge in [0.05, 0.1) is 0 Å². The van der Waals surface area contributed by atoms with Gasteiger partial charge in [-0.3, -0.25) is 0 Å². The van der Waals surface area contributed by atoms with E-state index in [1.165, 1.54) is 8.92 Å². The van der Waals surface area contributed by atoms with Crippen molar-refractivity contribution >= 4 is 35.2 Å². The van der Waals surface area contributed by atoms with Crippen LogP contribution in [0.25, 0.3) is 0 Å². The summed E-state index contributed by atoms with van der Waals surface area (Å²) in [5, 5.41) is 0. The van der Waals surface area contributed by atoms with Gasteiger partial charge in [0.2, 0.25) is 0 Å². The Balaban J connectivity index is 2.11. The third-order valence-electron chi connectivity index (χ3n) is 2.36. The molecule has 0 heterocycles. The Hall–Kier alpha value is -0.921. The van der Waals surface area contributed by atoms with E-state index in [4.69, 9.17) is 9.47 Å². The molecule has 94 valence electrons. The fourth-order valence-electron chi connectivity index (χ4n) is 1.47. The molecule has 0 aromatic heterocycles. The number of benzene rings is 2. The molecule has 0 aliphatic rings. The quantitative estimate of drug-likeness (QED) is 0.729. The minimum atomic E-state index is 0.411. The predicted molar refractivity (Wildman–Crippen MR) is 76.8 cm³/mol. The summed E-state index contributed by atoms with van der Waals surface area (Å²) in [5.74, 6) is 1.99. The fraction of sp³-hybridized carbons (Fsp3) is 0.143. The minimum absolute atomic E-state index is 0.411. The second-order valence-corrected chi connectivity index (χ2v) is 9.65. The van der Waals surface area contributed by atoms with Crippen LogP contribution in [0, 0.1) is 0 Å². The molecule has 0 fully saturated rings. The number of hydrogen-bond acceptors (Lipinski definition) is 2. The number of para-hydroxylation sites is 2. The summed E-state index contributed by atoms with van der Waals surface area (Å²) in [4.78, 5) is 0. The zero-order valence-corrected chi connectivity index (χ0v) is 13.7. The maximum atomic E-state index is 5.38. The molecule has 0 bridgehead atoms. The Bertz CT molecular complexity index is 467. The molecule has 4 heteroatoms. The molecule has 0 atom stereocenters. The fourth-order valence-corrected chi connectivity index (χ4v) is 8.34. The molecule has 0 aliphatic heterocycles. The van der Waals surface area contributed by atoms with Gasteiger partial charge >= 0.3 is 119 Å². The van der Waals surface area contributed by atoms with Gasteiger partial charge in [-0.05, 0) is 0 Å². The van der Waals surface area contributed by atoms with Crippen molar-refractivity contribution in [2.45, 2.75) is 0 Å². The first kappa shape index (κ1) is 13.5. The molecule has 2 aromatic carbocycles. The third-order valence-corrected chi connectivity index (χ3v) is 9.53. The molecule has 0 saturated carbocycles. The van der Waals surface area contributed by atoms with E-state index in [-0.39, 0.29) is 0 Å². The molecule has 2 rings (SSSR count). The van der Waals surface area contributed by atoms with Crippen LogP contribution >= 0.6 is 0 Å². The van der Waals surface area contributed by atoms with Crippen molar-refractivity contribution in [3.05, 3.63) is 48.5 Å². The van der Waals surface area contributed by atoms with Gasteiger partial charge in [0.25, 0.3) is 0 Å². The van der Waals surface area contributed by atoms with Crippen molar-refractivity contribution in [3.8, 4) is 11.5 Å². The van der Waals surface area contributed by atoms with Crippen LogP contribution in [-0.4, -0.2) is 40.5 Å². The average molecular weight is 372 g/mol. The summed E-state index contributed by atoms with van der Waals surface area (Å²) in [6, 6.07) is 16.5. The summed E-state index contributed by atoms with van der Waals surface area (Å²) in [6.07, 6.45) is 0. The van der Waals surface area contributed by atoms with Gasteiger partial charge in [0, 0.05) is 0 Å². The van der Waals surface area contributed by atoms with Crippen LogP contribution in [0.15, 0.2) is 48.5 Å². The molecule has 2 aromatic rings. The van der Waals surface area contributed by atoms with Gasteiger partial charge in [0.1, 0.15) is 0 Å². The topological polar surface area (TPSA) is 18.5 Å². The van der Waals surface area contributed by atoms with Crippen molar-refractivity contribution < 1.29 is 9.47 Å². The van der Waals surface area contributed by atoms with Gasteiger partial charge in [-0.25, -0.2) is 0 Å². The van der Waals surface area contributed by atoms with Gasteiger partial charge in [-0.1, -0.05) is 0 Å². The third kappa shape index (κ3) is 3.30. The second kappa shape index (κ2) is 6.86. The Labute approximate surface area is 119 Å². The van der Waals surface area contributed by atoms with E-state index in [0.29, 0.717) is 26.3 Å². The van der Waals surface area contributed by atoms with Crippen LogP contribution in [0.4, 0.5) is 0 Å². The second-order valence-electron chi connectivity index (χ2n) is 3.47. The zero-order chi connectivity index (χ0) is 12.8. The first-order valence-corrected chi connectivity index (χ1v) is 11.5. The molecular weight excluding hydrogens is 358 g/mol. The molecular formula is C14H14O2Se2. The van der Waals surface area contributed by atoms with Crippen LogP contribution in [0.1, 0.15) is 0 Å². The maximum absolute atomic E-state index is 5.38. The van der Waals surface area contributed by atoms with E-state index in [0.717, 1.165) is 11.5 Å². The monoisotopic (exact) mass is 374 g/mol. The first-order chi connectivity index (χ1) is 8.85. The molecule has 0 radical (unpaired) electrons. The SMILES string of the molecule is COc1ccccc1[Se][Se]c1ccccc1OC. The predicted octanol–water partition coefficient (Wildman–Crippen LogP) is 0.978. The standard InChI is InChI=1S/C14H14O2Se2/c1-15-11-7-3-5-9-13(11)17-18-14-10-6-4-8-12(14)16-2/h3-10H,1-2H3. The van der Waals surface area contributed by atoms with Crippen molar-refractivity contribution in [2.75, 3.05) is 14.2 Å². The van der Waals surface area contributed by atoms with Crippen molar-refractivity contribution in [3.63, 3.8) is 0 Å². The number of hydrogen-bond donors (Lipinski definition) is 0. The molecule has 0 spiro atoms. The van der Waals surface area contributed by atoms with Crippen molar-refractivity contribution in [1.29, 1.82) is 0 Å². The molecule has 0 N–H and O–H groups in total. The van der Waals surface area contributed by atoms with Gasteiger partial charge in [0.15, 0.2) is 0 Å². The van der Waals surface area contributed by atoms with Gasteiger partial charge in [-0.2, -0.15) is 0 Å². The van der Waals surface area contributed by atoms with Crippen molar-refractivity contribution in [1.82, 2.24) is 0 Å². The summed E-state index contributed by atoms with van der Waals surface area (Å²) >= 11 is 0.822. The number of methoxy groups -OCH3 is 2. The molecule has 2 nitrogen and oxygen atoms in total. The summed E-state index contributed by atoms with van der Waals surface area (Å²) in [7, 11) is 3.45. The molecule has 18 heavy (non-hydrogen) atoms. The Kier molecular flexibility index (Phi) is 5.15. The van der Waals surface area contributed by atoms with Gasteiger partial charge in [-0.15, -0.1) is 0 Å². The Morgan fingerprint density at radius 3 is 1.44 bits per heavy atom. The average Bonchev–Trinajstić information content (AvgIpc) is 2.45. The van der Waals surface area contributed by atoms with E-state index >= 15 is 0 Å². The van der Waals surface area contributed by atoms with Crippen LogP contribution in [-0.2, 0) is 0 Å². The molecule has 0 saturated heterocycles. The first-order valence-electron chi connectivity index (χ1n) is 5.45. The van der Waals surface area contributed by atoms with Crippen molar-refractivity contribution in [2.24, 2.45) is 0 Å². The summed E-state index contributed by atoms with van der Waals surface area (Å²) < 4.78 is 13.4. The molecule has 0 unspecified atom stereocenters.